The maximum absolute atomic E-state index is 3.83. The normalized spacial score (nSPS) is 11.1. The largest absolute Gasteiger partial charge is 0.312 e. The summed E-state index contributed by atoms with van der Waals surface area (Å²) in [5, 5.41) is 3.45. The summed E-state index contributed by atoms with van der Waals surface area (Å²) in [6, 6.07) is 4.51. The third-order valence-electron chi connectivity index (χ3n) is 2.75. The molecule has 0 unspecified atom stereocenters. The van der Waals surface area contributed by atoms with Gasteiger partial charge in [0.25, 0.3) is 0 Å². The molecule has 3 heteroatoms. The van der Waals surface area contributed by atoms with Crippen LogP contribution < -0.4 is 5.32 Å². The first-order valence-electron chi connectivity index (χ1n) is 6.91. The highest BCUT2D eigenvalue weighted by molar-refractivity contribution is 7.11. The molecule has 0 aliphatic carbocycles. The Balaban J connectivity index is 2.43. The quantitative estimate of drug-likeness (QED) is 0.514. The monoisotopic (exact) mass is 266 g/mol. The standard InChI is InChI=1S/C15H26N2S/c1-4-9-16-12-14-7-8-15(18-14)13-17(10-5-2)11-6-3/h5,7-8,16H,2,4,6,9-13H2,1,3H3. The molecule has 0 aromatic carbocycles. The zero-order valence-electron chi connectivity index (χ0n) is 11.7. The average molecular weight is 266 g/mol. The van der Waals surface area contributed by atoms with Gasteiger partial charge in [0.15, 0.2) is 0 Å². The predicted molar refractivity (Wildman–Crippen MR) is 82.1 cm³/mol. The Morgan fingerprint density at radius 3 is 2.72 bits per heavy atom. The van der Waals surface area contributed by atoms with Crippen molar-refractivity contribution in [3.8, 4) is 0 Å². The van der Waals surface area contributed by atoms with Crippen LogP contribution in [0.3, 0.4) is 0 Å². The Hall–Kier alpha value is -0.640. The lowest BCUT2D eigenvalue weighted by Gasteiger charge is -2.18. The van der Waals surface area contributed by atoms with Crippen molar-refractivity contribution in [2.45, 2.75) is 39.8 Å². The molecule has 0 atom stereocenters. The molecule has 1 aromatic rings. The second-order valence-corrected chi connectivity index (χ2v) is 5.82. The van der Waals surface area contributed by atoms with Crippen LogP contribution in [0.2, 0.25) is 0 Å². The average Bonchev–Trinajstić information content (AvgIpc) is 2.78. The van der Waals surface area contributed by atoms with E-state index in [2.05, 4.69) is 42.8 Å². The molecule has 0 saturated carbocycles. The van der Waals surface area contributed by atoms with Crippen LogP contribution in [0, 0.1) is 0 Å². The summed E-state index contributed by atoms with van der Waals surface area (Å²) in [5.74, 6) is 0. The molecule has 0 radical (unpaired) electrons. The molecule has 0 spiro atoms. The number of hydrogen-bond donors (Lipinski definition) is 1. The molecule has 0 aliphatic rings. The van der Waals surface area contributed by atoms with Crippen molar-refractivity contribution in [2.24, 2.45) is 0 Å². The number of nitrogens with one attached hydrogen (secondary N) is 1. The number of nitrogens with zero attached hydrogens (tertiary/aromatic N) is 1. The summed E-state index contributed by atoms with van der Waals surface area (Å²) in [4.78, 5) is 5.34. The van der Waals surface area contributed by atoms with Crippen LogP contribution in [0.4, 0.5) is 0 Å². The van der Waals surface area contributed by atoms with Crippen LogP contribution in [-0.2, 0) is 13.1 Å². The van der Waals surface area contributed by atoms with E-state index in [1.165, 1.54) is 22.6 Å². The molecule has 0 amide bonds. The van der Waals surface area contributed by atoms with Gasteiger partial charge in [-0.15, -0.1) is 17.9 Å². The molecule has 1 rings (SSSR count). The lowest BCUT2D eigenvalue weighted by Crippen LogP contribution is -2.23. The smallest absolute Gasteiger partial charge is 0.0331 e. The van der Waals surface area contributed by atoms with Crippen molar-refractivity contribution in [2.75, 3.05) is 19.6 Å². The number of hydrogen-bond acceptors (Lipinski definition) is 3. The highest BCUT2D eigenvalue weighted by Crippen LogP contribution is 2.18. The van der Waals surface area contributed by atoms with E-state index in [1.54, 1.807) is 0 Å². The summed E-state index contributed by atoms with van der Waals surface area (Å²) < 4.78 is 0. The van der Waals surface area contributed by atoms with Gasteiger partial charge in [0.1, 0.15) is 0 Å². The Morgan fingerprint density at radius 1 is 1.28 bits per heavy atom. The van der Waals surface area contributed by atoms with Gasteiger partial charge in [-0.3, -0.25) is 4.90 Å². The Bertz CT molecular complexity index is 333. The highest BCUT2D eigenvalue weighted by Gasteiger charge is 2.05. The van der Waals surface area contributed by atoms with Crippen molar-refractivity contribution >= 4 is 11.3 Å². The number of thiophene rings is 1. The van der Waals surface area contributed by atoms with E-state index in [-0.39, 0.29) is 0 Å². The fraction of sp³-hybridized carbons (Fsp3) is 0.600. The molecule has 18 heavy (non-hydrogen) atoms. The third kappa shape index (κ3) is 5.80. The molecule has 0 saturated heterocycles. The van der Waals surface area contributed by atoms with Crippen LogP contribution in [0.1, 0.15) is 36.4 Å². The van der Waals surface area contributed by atoms with E-state index < -0.39 is 0 Å². The van der Waals surface area contributed by atoms with Crippen LogP contribution in [0.15, 0.2) is 24.8 Å². The zero-order chi connectivity index (χ0) is 13.2. The predicted octanol–water partition coefficient (Wildman–Crippen LogP) is 3.65. The Labute approximate surface area is 116 Å². The van der Waals surface area contributed by atoms with Gasteiger partial charge in [-0.1, -0.05) is 19.9 Å². The fourth-order valence-corrected chi connectivity index (χ4v) is 2.98. The number of rotatable bonds is 10. The zero-order valence-corrected chi connectivity index (χ0v) is 12.6. The van der Waals surface area contributed by atoms with Crippen molar-refractivity contribution in [3.05, 3.63) is 34.5 Å². The van der Waals surface area contributed by atoms with Crippen LogP contribution in [0.5, 0.6) is 0 Å². The van der Waals surface area contributed by atoms with Gasteiger partial charge in [-0.05, 0) is 38.1 Å². The maximum atomic E-state index is 3.83. The van der Waals surface area contributed by atoms with E-state index >= 15 is 0 Å². The van der Waals surface area contributed by atoms with Crippen molar-refractivity contribution in [3.63, 3.8) is 0 Å². The van der Waals surface area contributed by atoms with Crippen LogP contribution >= 0.6 is 11.3 Å². The van der Waals surface area contributed by atoms with Gasteiger partial charge >= 0.3 is 0 Å². The summed E-state index contributed by atoms with van der Waals surface area (Å²) in [6.07, 6.45) is 4.39. The van der Waals surface area contributed by atoms with Crippen molar-refractivity contribution < 1.29 is 0 Å². The molecule has 2 nitrogen and oxygen atoms in total. The Kier molecular flexibility index (Phi) is 7.98. The van der Waals surface area contributed by atoms with Crippen LogP contribution in [0.25, 0.3) is 0 Å². The first-order chi connectivity index (χ1) is 8.80. The summed E-state index contributed by atoms with van der Waals surface area (Å²) in [6.45, 7) is 13.5. The molecule has 102 valence electrons. The SMILES string of the molecule is C=CCN(CCC)Cc1ccc(CNCCC)s1. The highest BCUT2D eigenvalue weighted by atomic mass is 32.1. The minimum atomic E-state index is 0.981. The van der Waals surface area contributed by atoms with Gasteiger partial charge in [0.05, 0.1) is 0 Å². The molecule has 1 aromatic heterocycles. The Morgan fingerprint density at radius 2 is 2.06 bits per heavy atom. The third-order valence-corrected chi connectivity index (χ3v) is 3.82. The molecule has 0 fully saturated rings. The minimum Gasteiger partial charge on any atom is -0.312 e. The first kappa shape index (κ1) is 15.4. The van der Waals surface area contributed by atoms with Gasteiger partial charge < -0.3 is 5.32 Å². The van der Waals surface area contributed by atoms with Gasteiger partial charge in [-0.2, -0.15) is 0 Å². The lowest BCUT2D eigenvalue weighted by atomic mass is 10.3. The summed E-state index contributed by atoms with van der Waals surface area (Å²) in [5.41, 5.74) is 0. The van der Waals surface area contributed by atoms with Crippen molar-refractivity contribution in [1.29, 1.82) is 0 Å². The molecule has 0 bridgehead atoms. The fourth-order valence-electron chi connectivity index (χ4n) is 1.94. The second kappa shape index (κ2) is 9.31. The molecule has 0 aliphatic heterocycles. The summed E-state index contributed by atoms with van der Waals surface area (Å²) >= 11 is 1.92. The van der Waals surface area contributed by atoms with Gasteiger partial charge in [0.2, 0.25) is 0 Å². The lowest BCUT2D eigenvalue weighted by molar-refractivity contribution is 0.298. The van der Waals surface area contributed by atoms with E-state index in [1.807, 2.05) is 17.4 Å². The van der Waals surface area contributed by atoms with Crippen LogP contribution in [-0.4, -0.2) is 24.5 Å². The van der Waals surface area contributed by atoms with E-state index in [0.717, 1.165) is 32.7 Å². The molecular weight excluding hydrogens is 240 g/mol. The molecule has 1 N–H and O–H groups in total. The summed E-state index contributed by atoms with van der Waals surface area (Å²) in [7, 11) is 0. The second-order valence-electron chi connectivity index (χ2n) is 4.57. The van der Waals surface area contributed by atoms with Crippen molar-refractivity contribution in [1.82, 2.24) is 10.2 Å². The van der Waals surface area contributed by atoms with E-state index in [0.29, 0.717) is 0 Å². The maximum Gasteiger partial charge on any atom is 0.0331 e. The van der Waals surface area contributed by atoms with E-state index in [4.69, 9.17) is 0 Å². The first-order valence-corrected chi connectivity index (χ1v) is 7.73. The molecular formula is C15H26N2S. The van der Waals surface area contributed by atoms with E-state index in [9.17, 15) is 0 Å². The topological polar surface area (TPSA) is 15.3 Å². The minimum absolute atomic E-state index is 0.981. The van der Waals surface area contributed by atoms with Gasteiger partial charge in [0, 0.05) is 29.4 Å². The molecule has 1 heterocycles. The van der Waals surface area contributed by atoms with Gasteiger partial charge in [-0.25, -0.2) is 0 Å².